The number of thiophene rings is 1. The molecule has 0 spiro atoms. The molecule has 4 atom stereocenters. The molecule has 9 nitrogen and oxygen atoms in total. The van der Waals surface area contributed by atoms with Gasteiger partial charge in [0.15, 0.2) is 0 Å². The second-order valence-corrected chi connectivity index (χ2v) is 13.3. The molecule has 0 amide bonds. The lowest BCUT2D eigenvalue weighted by Crippen LogP contribution is -2.18. The van der Waals surface area contributed by atoms with Crippen LogP contribution >= 0.6 is 34.5 Å². The van der Waals surface area contributed by atoms with Crippen molar-refractivity contribution in [3.8, 4) is 0 Å². The van der Waals surface area contributed by atoms with Crippen LogP contribution in [0.4, 0.5) is 10.1 Å². The molecule has 0 radical (unpaired) electrons. The van der Waals surface area contributed by atoms with E-state index in [1.165, 1.54) is 24.4 Å². The monoisotopic (exact) mass is 645 g/mol. The van der Waals surface area contributed by atoms with Crippen molar-refractivity contribution in [2.45, 2.75) is 56.8 Å². The number of halogens is 3. The fraction of sp³-hybridized carbons (Fsp3) is 0.407. The Bertz CT molecular complexity index is 1490. The van der Waals surface area contributed by atoms with E-state index < -0.39 is 28.3 Å². The van der Waals surface area contributed by atoms with Gasteiger partial charge in [-0.05, 0) is 61.9 Å². The van der Waals surface area contributed by atoms with E-state index in [1.807, 2.05) is 0 Å². The summed E-state index contributed by atoms with van der Waals surface area (Å²) in [5, 5.41) is 29.8. The first-order valence-electron chi connectivity index (χ1n) is 13.0. The number of unbranched alkanes of at least 4 members (excludes halogenated alkanes) is 2. The highest BCUT2D eigenvalue weighted by atomic mass is 35.5. The number of rotatable bonds is 13. The fourth-order valence-corrected chi connectivity index (χ4v) is 6.83. The van der Waals surface area contributed by atoms with Crippen LogP contribution < -0.4 is 10.5 Å². The van der Waals surface area contributed by atoms with Gasteiger partial charge >= 0.3 is 10.3 Å². The number of aliphatic hydroxyl groups is 2. The Hall–Kier alpha value is -2.16. The van der Waals surface area contributed by atoms with Crippen LogP contribution in [0.2, 0.25) is 9.36 Å². The zero-order valence-corrected chi connectivity index (χ0v) is 24.9. The first-order chi connectivity index (χ1) is 19.4. The van der Waals surface area contributed by atoms with Crippen molar-refractivity contribution in [3.05, 3.63) is 79.5 Å². The summed E-state index contributed by atoms with van der Waals surface area (Å²) in [6.07, 6.45) is 5.12. The van der Waals surface area contributed by atoms with Crippen LogP contribution in [-0.4, -0.2) is 48.2 Å². The number of pyridine rings is 1. The van der Waals surface area contributed by atoms with E-state index in [-0.39, 0.29) is 49.7 Å². The van der Waals surface area contributed by atoms with Gasteiger partial charge in [-0.1, -0.05) is 36.0 Å². The zero-order chi connectivity index (χ0) is 29.7. The van der Waals surface area contributed by atoms with Gasteiger partial charge in [-0.3, -0.25) is 14.0 Å². The molecule has 4 rings (SSSR count). The van der Waals surface area contributed by atoms with Crippen molar-refractivity contribution in [2.75, 3.05) is 11.9 Å². The highest BCUT2D eigenvalue weighted by Gasteiger charge is 2.33. The Morgan fingerprint density at radius 1 is 1.20 bits per heavy atom. The molecule has 0 aliphatic heterocycles. The number of nitrogens with two attached hydrogens (primary N) is 1. The normalized spacial score (nSPS) is 19.8. The minimum Gasteiger partial charge on any atom is -0.393 e. The number of benzene rings is 1. The van der Waals surface area contributed by atoms with Crippen LogP contribution in [-0.2, 0) is 14.5 Å². The third-order valence-corrected chi connectivity index (χ3v) is 9.15. The van der Waals surface area contributed by atoms with E-state index in [4.69, 9.17) is 28.3 Å². The molecule has 1 aliphatic rings. The molecule has 1 aliphatic carbocycles. The lowest BCUT2D eigenvalue weighted by Gasteiger charge is -2.17. The van der Waals surface area contributed by atoms with E-state index in [9.17, 15) is 27.8 Å². The first-order valence-corrected chi connectivity index (χ1v) is 16.0. The maximum absolute atomic E-state index is 14.3. The van der Waals surface area contributed by atoms with Crippen LogP contribution in [0.5, 0.6) is 0 Å². The molecule has 0 saturated heterocycles. The van der Waals surface area contributed by atoms with E-state index >= 15 is 0 Å². The van der Waals surface area contributed by atoms with Crippen molar-refractivity contribution in [3.63, 3.8) is 0 Å². The number of aromatic nitrogens is 1. The molecule has 1 fully saturated rings. The van der Waals surface area contributed by atoms with Crippen molar-refractivity contribution in [1.82, 2.24) is 4.98 Å². The molecular formula is C27H30Cl2FN3O6S2. The molecule has 14 heteroatoms. The van der Waals surface area contributed by atoms with Crippen molar-refractivity contribution >= 4 is 56.3 Å². The Labute approximate surface area is 251 Å². The average molecular weight is 647 g/mol. The van der Waals surface area contributed by atoms with Gasteiger partial charge in [0.25, 0.3) is 0 Å². The summed E-state index contributed by atoms with van der Waals surface area (Å²) in [7, 11) is -3.93. The highest BCUT2D eigenvalue weighted by molar-refractivity contribution is 7.84. The number of hydrogen-bond donors (Lipinski definition) is 4. The SMILES string of the molecule is NS(=O)(=O)OCCCCC[C@@H]1C[C@@H](Nc2ccncc2C(=O)c2cc(C(O)c3cc(Cl)ccc3F)c(Cl)s2)C[C@@H]1O. The van der Waals surface area contributed by atoms with E-state index in [0.717, 1.165) is 36.7 Å². The highest BCUT2D eigenvalue weighted by Crippen LogP contribution is 2.38. The summed E-state index contributed by atoms with van der Waals surface area (Å²) in [5.74, 6) is -0.960. The predicted octanol–water partition coefficient (Wildman–Crippen LogP) is 5.23. The lowest BCUT2D eigenvalue weighted by atomic mass is 9.98. The smallest absolute Gasteiger partial charge is 0.333 e. The number of carbonyl (C=O) groups is 1. The molecule has 2 heterocycles. The minimum absolute atomic E-state index is 0.0302. The Balaban J connectivity index is 1.39. The van der Waals surface area contributed by atoms with E-state index in [0.29, 0.717) is 30.5 Å². The lowest BCUT2D eigenvalue weighted by molar-refractivity contribution is 0.104. The van der Waals surface area contributed by atoms with E-state index in [2.05, 4.69) is 14.5 Å². The van der Waals surface area contributed by atoms with Crippen LogP contribution in [0.25, 0.3) is 0 Å². The van der Waals surface area contributed by atoms with Gasteiger partial charge in [-0.2, -0.15) is 8.42 Å². The minimum atomic E-state index is -3.93. The van der Waals surface area contributed by atoms with Gasteiger partial charge in [0.1, 0.15) is 11.9 Å². The Morgan fingerprint density at radius 3 is 2.73 bits per heavy atom. The van der Waals surface area contributed by atoms with Gasteiger partial charge in [0.2, 0.25) is 5.78 Å². The van der Waals surface area contributed by atoms with Crippen LogP contribution in [0.3, 0.4) is 0 Å². The number of ketones is 1. The summed E-state index contributed by atoms with van der Waals surface area (Å²) in [5.41, 5.74) is 0.993. The van der Waals surface area contributed by atoms with Gasteiger partial charge in [-0.25, -0.2) is 9.53 Å². The van der Waals surface area contributed by atoms with Crippen molar-refractivity contribution in [1.29, 1.82) is 0 Å². The standard InChI is InChI=1S/C27H30Cl2FN3O6S2/c28-16-5-6-21(30)18(11-16)25(35)19-13-24(40-27(19)29)26(36)20-14-32-8-7-22(20)33-17-10-15(23(34)12-17)4-2-1-3-9-39-41(31,37)38/h5-8,11,13-15,17,23,25,34-35H,1-4,9-10,12H2,(H,32,33)(H2,31,37,38)/t15-,17-,23+,25?/m1/s1. The second kappa shape index (κ2) is 13.9. The zero-order valence-electron chi connectivity index (χ0n) is 21.8. The first kappa shape index (κ1) is 31.8. The number of aliphatic hydroxyl groups excluding tert-OH is 2. The van der Waals surface area contributed by atoms with Gasteiger partial charge in [-0.15, -0.1) is 11.3 Å². The number of hydrogen-bond acceptors (Lipinski definition) is 9. The molecule has 1 aromatic carbocycles. The van der Waals surface area contributed by atoms with E-state index in [1.54, 1.807) is 12.3 Å². The molecule has 3 aromatic rings. The Morgan fingerprint density at radius 2 is 1.98 bits per heavy atom. The number of carbonyl (C=O) groups excluding carboxylic acids is 1. The summed E-state index contributed by atoms with van der Waals surface area (Å²) >= 11 is 13.3. The molecule has 2 aromatic heterocycles. The maximum atomic E-state index is 14.3. The van der Waals surface area contributed by atoms with Gasteiger partial charge in [0.05, 0.1) is 27.5 Å². The molecule has 0 bridgehead atoms. The van der Waals surface area contributed by atoms with Crippen molar-refractivity contribution in [2.24, 2.45) is 11.1 Å². The average Bonchev–Trinajstić information content (AvgIpc) is 3.48. The molecule has 5 N–H and O–H groups in total. The Kier molecular flexibility index (Phi) is 10.8. The van der Waals surface area contributed by atoms with Crippen LogP contribution in [0.1, 0.15) is 71.0 Å². The third-order valence-electron chi connectivity index (χ3n) is 7.03. The van der Waals surface area contributed by atoms with Crippen LogP contribution in [0, 0.1) is 11.7 Å². The number of nitrogens with one attached hydrogen (secondary N) is 1. The summed E-state index contributed by atoms with van der Waals surface area (Å²) < 4.78 is 40.7. The number of nitrogens with zero attached hydrogens (tertiary/aromatic N) is 1. The quantitative estimate of drug-likeness (QED) is 0.146. The maximum Gasteiger partial charge on any atom is 0.333 e. The number of anilines is 1. The predicted molar refractivity (Wildman–Crippen MR) is 156 cm³/mol. The third kappa shape index (κ3) is 8.45. The largest absolute Gasteiger partial charge is 0.393 e. The molecule has 222 valence electrons. The van der Waals surface area contributed by atoms with Gasteiger partial charge < -0.3 is 15.5 Å². The fourth-order valence-electron chi connectivity index (χ4n) is 5.02. The molecular weight excluding hydrogens is 616 g/mol. The van der Waals surface area contributed by atoms with Crippen molar-refractivity contribution < 1.29 is 32.0 Å². The van der Waals surface area contributed by atoms with Crippen LogP contribution in [0.15, 0.2) is 42.7 Å². The summed E-state index contributed by atoms with van der Waals surface area (Å²) in [6, 6.07) is 6.89. The molecule has 1 saturated carbocycles. The molecule has 41 heavy (non-hydrogen) atoms. The van der Waals surface area contributed by atoms with Gasteiger partial charge in [0, 0.05) is 40.3 Å². The molecule has 1 unspecified atom stereocenters. The summed E-state index contributed by atoms with van der Waals surface area (Å²) in [6.45, 7) is 0.0302. The topological polar surface area (TPSA) is 152 Å². The second-order valence-electron chi connectivity index (χ2n) is 9.96. The summed E-state index contributed by atoms with van der Waals surface area (Å²) in [4.78, 5) is 17.8.